The minimum atomic E-state index is -0.0498. The van der Waals surface area contributed by atoms with Gasteiger partial charge in [0.15, 0.2) is 6.29 Å². The first kappa shape index (κ1) is 19.9. The van der Waals surface area contributed by atoms with Gasteiger partial charge in [-0.3, -0.25) is 0 Å². The maximum Gasteiger partial charge on any atom is 0.160 e. The van der Waals surface area contributed by atoms with Crippen LogP contribution < -0.4 is 0 Å². The Hall–Kier alpha value is -0.860. The van der Waals surface area contributed by atoms with E-state index < -0.39 is 0 Å². The molecule has 0 fully saturated rings. The first-order valence-corrected chi connectivity index (χ1v) is 10.8. The van der Waals surface area contributed by atoms with Crippen LogP contribution in [0, 0.1) is 35.5 Å². The molecule has 3 aliphatic rings. The van der Waals surface area contributed by atoms with E-state index in [1.807, 2.05) is 0 Å². The van der Waals surface area contributed by atoms with E-state index in [2.05, 4.69) is 57.2 Å². The van der Waals surface area contributed by atoms with Gasteiger partial charge in [0.05, 0.1) is 13.2 Å². The van der Waals surface area contributed by atoms with Gasteiger partial charge < -0.3 is 9.47 Å². The molecule has 3 rings (SSSR count). The fourth-order valence-corrected chi connectivity index (χ4v) is 4.56. The molecular weight excluding hydrogens is 320 g/mol. The minimum absolute atomic E-state index is 0.0498. The van der Waals surface area contributed by atoms with Gasteiger partial charge in [-0.2, -0.15) is 0 Å². The van der Waals surface area contributed by atoms with Gasteiger partial charge in [0, 0.05) is 5.92 Å². The molecule has 7 atom stereocenters. The third kappa shape index (κ3) is 5.33. The Balaban J connectivity index is 1.58. The quantitative estimate of drug-likeness (QED) is 0.401. The van der Waals surface area contributed by atoms with Crippen LogP contribution >= 0.6 is 0 Å². The van der Waals surface area contributed by atoms with E-state index in [0.717, 1.165) is 38.9 Å². The molecule has 0 spiro atoms. The Morgan fingerprint density at radius 2 is 1.04 bits per heavy atom. The lowest BCUT2D eigenvalue weighted by molar-refractivity contribution is -0.197. The molecule has 0 N–H and O–H groups in total. The van der Waals surface area contributed by atoms with Gasteiger partial charge in [0.2, 0.25) is 0 Å². The largest absolute Gasteiger partial charge is 0.352 e. The zero-order chi connectivity index (χ0) is 18.4. The molecule has 0 aliphatic heterocycles. The van der Waals surface area contributed by atoms with E-state index in [1.165, 1.54) is 12.8 Å². The number of allylic oxidation sites excluding steroid dienone is 6. The lowest BCUT2D eigenvalue weighted by Gasteiger charge is -2.36. The summed E-state index contributed by atoms with van der Waals surface area (Å²) < 4.78 is 13.0. The highest BCUT2D eigenvalue weighted by atomic mass is 16.7. The zero-order valence-corrected chi connectivity index (χ0v) is 17.0. The van der Waals surface area contributed by atoms with E-state index in [0.29, 0.717) is 35.5 Å². The number of hydrogen-bond acceptors (Lipinski definition) is 2. The van der Waals surface area contributed by atoms with Crippen LogP contribution in [0.4, 0.5) is 0 Å². The van der Waals surface area contributed by atoms with Gasteiger partial charge in [-0.25, -0.2) is 0 Å². The summed E-state index contributed by atoms with van der Waals surface area (Å²) in [6, 6.07) is 0. The molecule has 0 saturated carbocycles. The molecule has 0 saturated heterocycles. The van der Waals surface area contributed by atoms with Crippen molar-refractivity contribution in [1.29, 1.82) is 0 Å². The maximum atomic E-state index is 6.48. The summed E-state index contributed by atoms with van der Waals surface area (Å²) in [7, 11) is 0. The van der Waals surface area contributed by atoms with E-state index in [9.17, 15) is 0 Å². The van der Waals surface area contributed by atoms with Gasteiger partial charge in [-0.15, -0.1) is 0 Å². The third-order valence-electron chi connectivity index (χ3n) is 6.95. The lowest BCUT2D eigenvalue weighted by Crippen LogP contribution is -2.36. The Morgan fingerprint density at radius 3 is 1.50 bits per heavy atom. The minimum Gasteiger partial charge on any atom is -0.352 e. The van der Waals surface area contributed by atoms with Crippen molar-refractivity contribution >= 4 is 0 Å². The van der Waals surface area contributed by atoms with Crippen LogP contribution in [-0.4, -0.2) is 19.5 Å². The molecule has 0 aromatic heterocycles. The van der Waals surface area contributed by atoms with Crippen LogP contribution in [0.1, 0.15) is 59.3 Å². The molecule has 2 heteroatoms. The summed E-state index contributed by atoms with van der Waals surface area (Å²) in [6.45, 7) is 8.74. The van der Waals surface area contributed by atoms with Crippen molar-refractivity contribution in [3.8, 4) is 0 Å². The summed E-state index contributed by atoms with van der Waals surface area (Å²) in [4.78, 5) is 0. The zero-order valence-electron chi connectivity index (χ0n) is 17.0. The first-order valence-electron chi connectivity index (χ1n) is 10.8. The van der Waals surface area contributed by atoms with Crippen LogP contribution in [0.2, 0.25) is 0 Å². The van der Waals surface area contributed by atoms with Crippen LogP contribution in [0.3, 0.4) is 0 Å². The van der Waals surface area contributed by atoms with Gasteiger partial charge in [0.1, 0.15) is 0 Å². The van der Waals surface area contributed by atoms with E-state index in [1.54, 1.807) is 0 Å². The van der Waals surface area contributed by atoms with Crippen LogP contribution in [0.5, 0.6) is 0 Å². The van der Waals surface area contributed by atoms with Crippen molar-refractivity contribution in [2.24, 2.45) is 35.5 Å². The van der Waals surface area contributed by atoms with Crippen molar-refractivity contribution in [3.63, 3.8) is 0 Å². The van der Waals surface area contributed by atoms with Gasteiger partial charge in [-0.1, -0.05) is 57.2 Å². The maximum absolute atomic E-state index is 6.48. The summed E-state index contributed by atoms with van der Waals surface area (Å²) in [5.74, 6) is 3.83. The number of ether oxygens (including phenoxy) is 2. The lowest BCUT2D eigenvalue weighted by atomic mass is 9.83. The van der Waals surface area contributed by atoms with Crippen LogP contribution in [0.25, 0.3) is 0 Å². The predicted molar refractivity (Wildman–Crippen MR) is 109 cm³/mol. The van der Waals surface area contributed by atoms with Crippen LogP contribution in [-0.2, 0) is 9.47 Å². The molecule has 146 valence electrons. The van der Waals surface area contributed by atoms with Crippen molar-refractivity contribution in [3.05, 3.63) is 36.5 Å². The molecular formula is C24H38O2. The highest BCUT2D eigenvalue weighted by Crippen LogP contribution is 2.33. The molecule has 0 heterocycles. The molecule has 3 aliphatic carbocycles. The number of rotatable bonds is 7. The molecule has 1 unspecified atom stereocenters. The SMILES string of the molecule is C[C@@H]1CC=CC[C@H]1COC(OC[C@@H]1CC=CC[C@@H]1C)[C@@H]1CC=CC[C@@H]1C. The fraction of sp³-hybridized carbons (Fsp3) is 0.750. The summed E-state index contributed by atoms with van der Waals surface area (Å²) >= 11 is 0. The molecule has 0 amide bonds. The smallest absolute Gasteiger partial charge is 0.160 e. The standard InChI is InChI=1S/C24H38O2/c1-18-10-4-7-13-21(18)16-25-24(23-15-9-6-12-20(23)3)26-17-22-14-8-5-11-19(22)2/h4-9,18-24H,10-17H2,1-3H3/t18-,19+,20-,21-,22-,23+,24?/m0/s1. The Kier molecular flexibility index (Phi) is 7.57. The highest BCUT2D eigenvalue weighted by molar-refractivity contribution is 4.96. The number of hydrogen-bond donors (Lipinski definition) is 0. The topological polar surface area (TPSA) is 18.5 Å². The summed E-state index contributed by atoms with van der Waals surface area (Å²) in [6.07, 6.45) is 20.8. The van der Waals surface area contributed by atoms with Crippen molar-refractivity contribution < 1.29 is 9.47 Å². The average molecular weight is 359 g/mol. The van der Waals surface area contributed by atoms with Gasteiger partial charge in [-0.05, 0) is 68.1 Å². The third-order valence-corrected chi connectivity index (χ3v) is 6.95. The molecule has 0 bridgehead atoms. The molecule has 0 aromatic carbocycles. The van der Waals surface area contributed by atoms with Crippen LogP contribution in [0.15, 0.2) is 36.5 Å². The molecule has 0 radical (unpaired) electrons. The first-order chi connectivity index (χ1) is 12.6. The normalized spacial score (nSPS) is 38.4. The van der Waals surface area contributed by atoms with E-state index >= 15 is 0 Å². The van der Waals surface area contributed by atoms with Crippen molar-refractivity contribution in [1.82, 2.24) is 0 Å². The summed E-state index contributed by atoms with van der Waals surface area (Å²) in [5.41, 5.74) is 0. The van der Waals surface area contributed by atoms with E-state index in [4.69, 9.17) is 9.47 Å². The Morgan fingerprint density at radius 1 is 0.615 bits per heavy atom. The molecule has 2 nitrogen and oxygen atoms in total. The molecule has 0 aromatic rings. The van der Waals surface area contributed by atoms with Gasteiger partial charge >= 0.3 is 0 Å². The van der Waals surface area contributed by atoms with E-state index in [-0.39, 0.29) is 6.29 Å². The Bertz CT molecular complexity index is 474. The van der Waals surface area contributed by atoms with Crippen molar-refractivity contribution in [2.45, 2.75) is 65.6 Å². The second kappa shape index (κ2) is 9.90. The fourth-order valence-electron chi connectivity index (χ4n) is 4.56. The molecule has 26 heavy (non-hydrogen) atoms. The summed E-state index contributed by atoms with van der Waals surface area (Å²) in [5, 5.41) is 0. The van der Waals surface area contributed by atoms with Crippen molar-refractivity contribution in [2.75, 3.05) is 13.2 Å². The Labute approximate surface area is 160 Å². The highest BCUT2D eigenvalue weighted by Gasteiger charge is 2.31. The monoisotopic (exact) mass is 358 g/mol. The van der Waals surface area contributed by atoms with Gasteiger partial charge in [0.25, 0.3) is 0 Å². The average Bonchev–Trinajstić information content (AvgIpc) is 2.65. The second-order valence-electron chi connectivity index (χ2n) is 8.98. The second-order valence-corrected chi connectivity index (χ2v) is 8.98. The predicted octanol–water partition coefficient (Wildman–Crippen LogP) is 6.15.